The lowest BCUT2D eigenvalue weighted by Crippen LogP contribution is -2.52. The fourth-order valence-electron chi connectivity index (χ4n) is 3.50. The molecule has 0 aliphatic heterocycles. The number of alkyl halides is 3. The molecule has 0 bridgehead atoms. The molecule has 2 atom stereocenters. The quantitative estimate of drug-likeness (QED) is 0.334. The number of hydrogen-bond acceptors (Lipinski definition) is 5. The number of benzene rings is 1. The molecular weight excluding hydrogens is 493 g/mol. The van der Waals surface area contributed by atoms with E-state index in [4.69, 9.17) is 4.42 Å². The van der Waals surface area contributed by atoms with Crippen LogP contribution in [0.15, 0.2) is 47.1 Å². The highest BCUT2D eigenvalue weighted by Crippen LogP contribution is 2.29. The van der Waals surface area contributed by atoms with Crippen molar-refractivity contribution in [1.29, 1.82) is 0 Å². The van der Waals surface area contributed by atoms with Crippen LogP contribution in [0.5, 0.6) is 0 Å². The van der Waals surface area contributed by atoms with E-state index in [1.165, 1.54) is 11.8 Å². The number of furan rings is 1. The minimum Gasteiger partial charge on any atom is -0.468 e. The second kappa shape index (κ2) is 14.1. The van der Waals surface area contributed by atoms with E-state index in [0.29, 0.717) is 18.6 Å². The van der Waals surface area contributed by atoms with Gasteiger partial charge in [0.25, 0.3) is 5.91 Å². The second-order valence-electron chi connectivity index (χ2n) is 8.97. The number of nitrogens with one attached hydrogen (secondary N) is 2. The molecule has 1 heterocycles. The summed E-state index contributed by atoms with van der Waals surface area (Å²) in [5.41, 5.74) is -0.852. The summed E-state index contributed by atoms with van der Waals surface area (Å²) in [6.45, 7) is 5.76. The molecule has 0 spiro atoms. The maximum Gasteiger partial charge on any atom is 0.416 e. The molecule has 0 fully saturated rings. The Balaban J connectivity index is 2.05. The van der Waals surface area contributed by atoms with E-state index in [1.807, 2.05) is 26.8 Å². The van der Waals surface area contributed by atoms with Gasteiger partial charge in [0.15, 0.2) is 5.78 Å². The molecule has 6 nitrogen and oxygen atoms in total. The first-order valence-electron chi connectivity index (χ1n) is 11.9. The van der Waals surface area contributed by atoms with Crippen molar-refractivity contribution in [3.05, 3.63) is 59.5 Å². The number of Topliss-reactive ketones (excluding diaryl/α,β-unsaturated/α-hetero) is 1. The van der Waals surface area contributed by atoms with Gasteiger partial charge in [-0.3, -0.25) is 14.4 Å². The van der Waals surface area contributed by atoms with Gasteiger partial charge in [0.05, 0.1) is 29.4 Å². The predicted molar refractivity (Wildman–Crippen MR) is 133 cm³/mol. The van der Waals surface area contributed by atoms with Crippen LogP contribution < -0.4 is 10.6 Å². The molecular formula is C26H33F3N2O4S. The van der Waals surface area contributed by atoms with E-state index in [1.54, 1.807) is 12.3 Å². The van der Waals surface area contributed by atoms with Crippen LogP contribution in [0, 0.1) is 5.92 Å². The van der Waals surface area contributed by atoms with E-state index in [-0.39, 0.29) is 23.0 Å². The van der Waals surface area contributed by atoms with Crippen LogP contribution in [-0.2, 0) is 21.5 Å². The molecule has 1 aromatic carbocycles. The van der Waals surface area contributed by atoms with Gasteiger partial charge in [-0.25, -0.2) is 0 Å². The first kappa shape index (κ1) is 29.5. The lowest BCUT2D eigenvalue weighted by atomic mass is 10.0. The maximum atomic E-state index is 13.1. The molecule has 2 unspecified atom stereocenters. The van der Waals surface area contributed by atoms with Crippen molar-refractivity contribution in [3.63, 3.8) is 0 Å². The zero-order chi connectivity index (χ0) is 26.7. The highest BCUT2D eigenvalue weighted by Gasteiger charge is 2.31. The Morgan fingerprint density at radius 3 is 2.28 bits per heavy atom. The summed E-state index contributed by atoms with van der Waals surface area (Å²) in [7, 11) is 0. The summed E-state index contributed by atoms with van der Waals surface area (Å²) in [4.78, 5) is 38.7. The molecule has 2 rings (SSSR count). The molecule has 10 heteroatoms. The summed E-state index contributed by atoms with van der Waals surface area (Å²) in [5.74, 6) is 0.261. The van der Waals surface area contributed by atoms with Crippen LogP contribution in [0.25, 0.3) is 0 Å². The Morgan fingerprint density at radius 2 is 1.72 bits per heavy atom. The lowest BCUT2D eigenvalue weighted by Gasteiger charge is -2.24. The van der Waals surface area contributed by atoms with Crippen molar-refractivity contribution in [2.24, 2.45) is 5.92 Å². The fraction of sp³-hybridized carbons (Fsp3) is 0.500. The van der Waals surface area contributed by atoms with Gasteiger partial charge in [-0.15, -0.1) is 11.8 Å². The maximum absolute atomic E-state index is 13.1. The molecule has 0 aliphatic rings. The van der Waals surface area contributed by atoms with Crippen molar-refractivity contribution in [1.82, 2.24) is 10.6 Å². The first-order chi connectivity index (χ1) is 17.0. The van der Waals surface area contributed by atoms with Crippen LogP contribution in [-0.4, -0.2) is 35.4 Å². The summed E-state index contributed by atoms with van der Waals surface area (Å²) >= 11 is 1.39. The van der Waals surface area contributed by atoms with Gasteiger partial charge < -0.3 is 15.1 Å². The highest BCUT2D eigenvalue weighted by molar-refractivity contribution is 7.99. The number of halogens is 3. The van der Waals surface area contributed by atoms with Crippen molar-refractivity contribution in [3.8, 4) is 0 Å². The number of carbonyl (C=O) groups excluding carboxylic acids is 3. The largest absolute Gasteiger partial charge is 0.468 e. The number of amides is 2. The molecule has 2 aromatic rings. The minimum absolute atomic E-state index is 0.0116. The normalized spacial score (nSPS) is 13.3. The smallest absolute Gasteiger partial charge is 0.416 e. The summed E-state index contributed by atoms with van der Waals surface area (Å²) in [6, 6.07) is 5.77. The third-order valence-electron chi connectivity index (χ3n) is 5.42. The number of carbonyl (C=O) groups is 3. The van der Waals surface area contributed by atoms with E-state index >= 15 is 0 Å². The van der Waals surface area contributed by atoms with Crippen LogP contribution in [0.3, 0.4) is 0 Å². The Labute approximate surface area is 213 Å². The fourth-order valence-corrected chi connectivity index (χ4v) is 4.37. The van der Waals surface area contributed by atoms with Crippen LogP contribution >= 0.6 is 11.8 Å². The van der Waals surface area contributed by atoms with Gasteiger partial charge >= 0.3 is 6.18 Å². The first-order valence-corrected chi connectivity index (χ1v) is 13.1. The van der Waals surface area contributed by atoms with Crippen molar-refractivity contribution in [2.75, 3.05) is 5.75 Å². The molecule has 2 N–H and O–H groups in total. The molecule has 0 aliphatic carbocycles. The van der Waals surface area contributed by atoms with Crippen molar-refractivity contribution < 1.29 is 32.0 Å². The van der Waals surface area contributed by atoms with Gasteiger partial charge in [-0.2, -0.15) is 13.2 Å². The number of hydrogen-bond donors (Lipinski definition) is 2. The second-order valence-corrected chi connectivity index (χ2v) is 9.96. The average molecular weight is 527 g/mol. The van der Waals surface area contributed by atoms with Gasteiger partial charge in [-0.05, 0) is 55.2 Å². The van der Waals surface area contributed by atoms with Crippen LogP contribution in [0.4, 0.5) is 13.2 Å². The van der Waals surface area contributed by atoms with E-state index in [9.17, 15) is 27.6 Å². The summed E-state index contributed by atoms with van der Waals surface area (Å²) in [5, 5.41) is 5.42. The number of ketones is 1. The zero-order valence-electron chi connectivity index (χ0n) is 20.7. The molecule has 2 amide bonds. The van der Waals surface area contributed by atoms with E-state index < -0.39 is 35.6 Å². The van der Waals surface area contributed by atoms with E-state index in [0.717, 1.165) is 42.9 Å². The Morgan fingerprint density at radius 1 is 1.03 bits per heavy atom. The Bertz CT molecular complexity index is 976. The van der Waals surface area contributed by atoms with Crippen LogP contribution in [0.2, 0.25) is 0 Å². The molecule has 36 heavy (non-hydrogen) atoms. The summed E-state index contributed by atoms with van der Waals surface area (Å²) < 4.78 is 43.7. The Kier molecular flexibility index (Phi) is 11.6. The standard InChI is InChI=1S/C26H33F3N2O4S/c1-4-5-8-21(23(32)16-36-15-20-7-6-13-35-20)30-25(34)22(14-17(2)3)31-24(33)18-9-11-19(12-10-18)26(27,28)29/h6-7,9-13,17,21-22H,4-5,8,14-16H2,1-3H3,(H,30,34)(H,31,33). The highest BCUT2D eigenvalue weighted by atomic mass is 32.2. The number of unbranched alkanes of at least 4 members (excludes halogenated alkanes) is 1. The predicted octanol–water partition coefficient (Wildman–Crippen LogP) is 5.62. The molecule has 1 aromatic heterocycles. The van der Waals surface area contributed by atoms with Gasteiger partial charge in [0.2, 0.25) is 5.91 Å². The molecule has 0 saturated carbocycles. The molecule has 198 valence electrons. The van der Waals surface area contributed by atoms with Crippen molar-refractivity contribution in [2.45, 2.75) is 70.5 Å². The monoisotopic (exact) mass is 526 g/mol. The Hall–Kier alpha value is -2.75. The minimum atomic E-state index is -4.51. The third kappa shape index (κ3) is 9.72. The van der Waals surface area contributed by atoms with Crippen LogP contribution in [0.1, 0.15) is 68.1 Å². The van der Waals surface area contributed by atoms with Gasteiger partial charge in [0, 0.05) is 5.56 Å². The zero-order valence-corrected chi connectivity index (χ0v) is 21.5. The topological polar surface area (TPSA) is 88.4 Å². The number of thioether (sulfide) groups is 1. The van der Waals surface area contributed by atoms with Gasteiger partial charge in [-0.1, -0.05) is 33.6 Å². The molecule has 0 radical (unpaired) electrons. The average Bonchev–Trinajstić information content (AvgIpc) is 3.33. The molecule has 0 saturated heterocycles. The summed E-state index contributed by atoms with van der Waals surface area (Å²) in [6.07, 6.45) is -0.573. The van der Waals surface area contributed by atoms with Crippen molar-refractivity contribution >= 4 is 29.4 Å². The number of rotatable bonds is 14. The SMILES string of the molecule is CCCCC(NC(=O)C(CC(C)C)NC(=O)c1ccc(C(F)(F)F)cc1)C(=O)CSCc1ccco1. The van der Waals surface area contributed by atoms with E-state index in [2.05, 4.69) is 10.6 Å². The van der Waals surface area contributed by atoms with Gasteiger partial charge in [0.1, 0.15) is 11.8 Å². The third-order valence-corrected chi connectivity index (χ3v) is 6.40. The lowest BCUT2D eigenvalue weighted by molar-refractivity contribution is -0.137.